The minimum atomic E-state index is -0.473. The summed E-state index contributed by atoms with van der Waals surface area (Å²) in [6, 6.07) is 82.1. The van der Waals surface area contributed by atoms with Crippen LogP contribution < -0.4 is 0 Å². The van der Waals surface area contributed by atoms with Crippen LogP contribution in [0.4, 0.5) is 0 Å². The van der Waals surface area contributed by atoms with Crippen molar-refractivity contribution in [2.75, 3.05) is 52.9 Å². The van der Waals surface area contributed by atoms with E-state index in [1.807, 2.05) is 146 Å². The lowest BCUT2D eigenvalue weighted by Crippen LogP contribution is -2.26. The maximum absolute atomic E-state index is 6.94. The summed E-state index contributed by atoms with van der Waals surface area (Å²) >= 11 is 0. The fourth-order valence-corrected chi connectivity index (χ4v) is 9.41. The summed E-state index contributed by atoms with van der Waals surface area (Å²) in [6.45, 7) is 2.24. The predicted molar refractivity (Wildman–Crippen MR) is 281 cm³/mol. The Labute approximate surface area is 425 Å². The molecule has 8 unspecified atom stereocenters. The maximum atomic E-state index is 6.94. The van der Waals surface area contributed by atoms with E-state index in [0.717, 1.165) is 44.5 Å². The van der Waals surface area contributed by atoms with Crippen molar-refractivity contribution in [2.24, 2.45) is 0 Å². The molecule has 0 saturated carbocycles. The molecule has 368 valence electrons. The Bertz CT molecular complexity index is 2110. The van der Waals surface area contributed by atoms with Gasteiger partial charge in [-0.3, -0.25) is 0 Å². The Balaban J connectivity index is 1.07. The molecule has 8 heteroatoms. The van der Waals surface area contributed by atoms with Crippen LogP contribution in [-0.4, -0.2) is 52.9 Å². The lowest BCUT2D eigenvalue weighted by Gasteiger charge is -2.32. The highest BCUT2D eigenvalue weighted by molar-refractivity contribution is 5.30. The molecule has 0 N–H and O–H groups in total. The third kappa shape index (κ3) is 13.9. The lowest BCUT2D eigenvalue weighted by atomic mass is 9.97. The van der Waals surface area contributed by atoms with E-state index in [1.165, 1.54) is 0 Å². The highest BCUT2D eigenvalue weighted by atomic mass is 16.6. The zero-order valence-corrected chi connectivity index (χ0v) is 40.6. The Morgan fingerprint density at radius 3 is 0.347 bits per heavy atom. The molecule has 9 rings (SSSR count). The van der Waals surface area contributed by atoms with Gasteiger partial charge in [-0.25, -0.2) is 0 Å². The summed E-state index contributed by atoms with van der Waals surface area (Å²) in [5.41, 5.74) is 7.92. The minimum absolute atomic E-state index is 0.280. The van der Waals surface area contributed by atoms with Gasteiger partial charge in [-0.15, -0.1) is 0 Å². The molecule has 0 radical (unpaired) electrons. The van der Waals surface area contributed by atoms with Crippen LogP contribution in [0, 0.1) is 0 Å². The fourth-order valence-electron chi connectivity index (χ4n) is 9.41. The van der Waals surface area contributed by atoms with Crippen LogP contribution in [0.15, 0.2) is 243 Å². The Kier molecular flexibility index (Phi) is 19.1. The van der Waals surface area contributed by atoms with Crippen molar-refractivity contribution >= 4 is 0 Å². The lowest BCUT2D eigenvalue weighted by molar-refractivity contribution is -0.145. The molecule has 8 aromatic carbocycles. The largest absolute Gasteiger partial charge is 0.368 e. The molecule has 1 saturated heterocycles. The first-order valence-electron chi connectivity index (χ1n) is 25.1. The van der Waals surface area contributed by atoms with Crippen molar-refractivity contribution in [1.29, 1.82) is 0 Å². The standard InChI is InChI=1S/C64H64O8/c1-9-25-49(26-10-1)57-58(50-27-11-2-12-28-50)66-43-44-68-61(53-33-17-5-18-34-53)62(54-35-19-6-20-36-54)70-47-48-72-64(56-39-23-8-24-40-56)63(55-37-21-7-22-38-55)71-46-45-69-60(52-31-15-4-16-32-52)59(67-42-41-65-57)51-29-13-3-14-30-51/h1-40,57-64H,41-48H2. The Morgan fingerprint density at radius 2 is 0.250 bits per heavy atom. The molecule has 0 spiro atoms. The van der Waals surface area contributed by atoms with Gasteiger partial charge in [-0.1, -0.05) is 243 Å². The first kappa shape index (κ1) is 50.4. The quantitative estimate of drug-likeness (QED) is 0.149. The monoisotopic (exact) mass is 960 g/mol. The van der Waals surface area contributed by atoms with Crippen molar-refractivity contribution in [3.63, 3.8) is 0 Å². The number of rotatable bonds is 8. The topological polar surface area (TPSA) is 73.8 Å². The van der Waals surface area contributed by atoms with Gasteiger partial charge in [0.1, 0.15) is 48.8 Å². The first-order chi connectivity index (χ1) is 35.8. The molecule has 1 heterocycles. The van der Waals surface area contributed by atoms with Gasteiger partial charge < -0.3 is 37.9 Å². The molecular weight excluding hydrogens is 897 g/mol. The van der Waals surface area contributed by atoms with Crippen LogP contribution in [0.3, 0.4) is 0 Å². The van der Waals surface area contributed by atoms with E-state index in [1.54, 1.807) is 0 Å². The first-order valence-corrected chi connectivity index (χ1v) is 25.1. The normalized spacial score (nSPS) is 23.8. The van der Waals surface area contributed by atoms with E-state index in [2.05, 4.69) is 97.1 Å². The molecule has 0 amide bonds. The SMILES string of the molecule is c1ccc(C2OCCOC(c3ccccc3)C(c3ccccc3)OCCOC(c3ccccc3)C(c3ccccc3)OCCOC(c3ccccc3)C(c3ccccc3)OCCOC2c2ccccc2)cc1. The third-order valence-corrected chi connectivity index (χ3v) is 12.8. The molecule has 0 bridgehead atoms. The van der Waals surface area contributed by atoms with Crippen LogP contribution in [0.5, 0.6) is 0 Å². The number of benzene rings is 8. The van der Waals surface area contributed by atoms with Crippen LogP contribution >= 0.6 is 0 Å². The summed E-state index contributed by atoms with van der Waals surface area (Å²) in [5, 5.41) is 0. The molecule has 8 nitrogen and oxygen atoms in total. The summed E-state index contributed by atoms with van der Waals surface area (Å²) in [6.07, 6.45) is -3.79. The van der Waals surface area contributed by atoms with Gasteiger partial charge in [0.05, 0.1) is 52.9 Å². The van der Waals surface area contributed by atoms with E-state index in [9.17, 15) is 0 Å². The molecule has 1 aliphatic rings. The molecule has 0 aliphatic carbocycles. The van der Waals surface area contributed by atoms with Gasteiger partial charge in [-0.2, -0.15) is 0 Å². The van der Waals surface area contributed by atoms with Gasteiger partial charge >= 0.3 is 0 Å². The van der Waals surface area contributed by atoms with Gasteiger partial charge in [0.15, 0.2) is 0 Å². The van der Waals surface area contributed by atoms with Crippen LogP contribution in [0.1, 0.15) is 93.3 Å². The summed E-state index contributed by atoms with van der Waals surface area (Å²) in [5.74, 6) is 0. The van der Waals surface area contributed by atoms with E-state index in [4.69, 9.17) is 37.9 Å². The van der Waals surface area contributed by atoms with Crippen molar-refractivity contribution in [3.8, 4) is 0 Å². The van der Waals surface area contributed by atoms with E-state index < -0.39 is 48.8 Å². The van der Waals surface area contributed by atoms with Gasteiger partial charge in [0.25, 0.3) is 0 Å². The molecule has 1 aliphatic heterocycles. The summed E-state index contributed by atoms with van der Waals surface area (Å²) in [7, 11) is 0. The molecule has 0 aromatic heterocycles. The smallest absolute Gasteiger partial charge is 0.113 e. The predicted octanol–water partition coefficient (Wildman–Crippen LogP) is 14.1. The highest BCUT2D eigenvalue weighted by Gasteiger charge is 2.32. The second-order valence-corrected chi connectivity index (χ2v) is 17.6. The molecular formula is C64H64O8. The van der Waals surface area contributed by atoms with Crippen molar-refractivity contribution in [3.05, 3.63) is 287 Å². The molecule has 72 heavy (non-hydrogen) atoms. The Morgan fingerprint density at radius 1 is 0.153 bits per heavy atom. The zero-order chi connectivity index (χ0) is 48.8. The molecule has 8 atom stereocenters. The fraction of sp³-hybridized carbons (Fsp3) is 0.250. The van der Waals surface area contributed by atoms with E-state index >= 15 is 0 Å². The van der Waals surface area contributed by atoms with Crippen LogP contribution in [0.25, 0.3) is 0 Å². The second-order valence-electron chi connectivity index (χ2n) is 17.6. The average Bonchev–Trinajstić information content (AvgIpc) is 3.46. The molecule has 1 fully saturated rings. The minimum Gasteiger partial charge on any atom is -0.368 e. The number of hydrogen-bond donors (Lipinski definition) is 0. The zero-order valence-electron chi connectivity index (χ0n) is 40.6. The average molecular weight is 961 g/mol. The maximum Gasteiger partial charge on any atom is 0.113 e. The van der Waals surface area contributed by atoms with Crippen LogP contribution in [0.2, 0.25) is 0 Å². The Hall–Kier alpha value is -6.56. The van der Waals surface area contributed by atoms with E-state index in [0.29, 0.717) is 0 Å². The summed E-state index contributed by atoms with van der Waals surface area (Å²) in [4.78, 5) is 0. The van der Waals surface area contributed by atoms with Crippen molar-refractivity contribution in [1.82, 2.24) is 0 Å². The molecule has 8 aromatic rings. The van der Waals surface area contributed by atoms with Crippen LogP contribution in [-0.2, 0) is 37.9 Å². The number of hydrogen-bond acceptors (Lipinski definition) is 8. The van der Waals surface area contributed by atoms with Crippen molar-refractivity contribution < 1.29 is 37.9 Å². The van der Waals surface area contributed by atoms with E-state index in [-0.39, 0.29) is 52.9 Å². The summed E-state index contributed by atoms with van der Waals surface area (Å²) < 4.78 is 55.5. The van der Waals surface area contributed by atoms with Gasteiger partial charge in [0.2, 0.25) is 0 Å². The second kappa shape index (κ2) is 27.3. The number of ether oxygens (including phenoxy) is 8. The highest BCUT2D eigenvalue weighted by Crippen LogP contribution is 2.41. The third-order valence-electron chi connectivity index (χ3n) is 12.8. The van der Waals surface area contributed by atoms with Gasteiger partial charge in [0, 0.05) is 0 Å². The van der Waals surface area contributed by atoms with Gasteiger partial charge in [-0.05, 0) is 44.5 Å². The van der Waals surface area contributed by atoms with Crippen molar-refractivity contribution in [2.45, 2.75) is 48.8 Å².